The van der Waals surface area contributed by atoms with Gasteiger partial charge in [-0.15, -0.1) is 0 Å². The number of amides is 3. The molecule has 0 bridgehead atoms. The van der Waals surface area contributed by atoms with Crippen molar-refractivity contribution >= 4 is 29.3 Å². The third kappa shape index (κ3) is 6.08. The van der Waals surface area contributed by atoms with Gasteiger partial charge >= 0.3 is 0 Å². The van der Waals surface area contributed by atoms with E-state index >= 15 is 0 Å². The largest absolute Gasteiger partial charge is 0.497 e. The second kappa shape index (κ2) is 11.9. The van der Waals surface area contributed by atoms with Gasteiger partial charge in [-0.2, -0.15) is 0 Å². The minimum Gasteiger partial charge on any atom is -0.497 e. The van der Waals surface area contributed by atoms with Gasteiger partial charge in [0.05, 0.1) is 7.11 Å². The molecule has 182 valence electrons. The molecular formula is C26H32ClN3O4. The first-order valence-corrected chi connectivity index (χ1v) is 12.0. The van der Waals surface area contributed by atoms with Gasteiger partial charge in [-0.3, -0.25) is 14.4 Å². The number of hydrogen-bond donors (Lipinski definition) is 1. The summed E-state index contributed by atoms with van der Waals surface area (Å²) in [5.74, 6) is 0.154. The number of nitrogens with one attached hydrogen (secondary N) is 1. The fourth-order valence-electron chi connectivity index (χ4n) is 4.29. The Balaban J connectivity index is 1.72. The minimum atomic E-state index is -0.651. The van der Waals surface area contributed by atoms with Crippen LogP contribution < -0.4 is 10.1 Å². The summed E-state index contributed by atoms with van der Waals surface area (Å²) in [5, 5.41) is 3.57. The number of likely N-dealkylation sites (tertiary alicyclic amines) is 1. The van der Waals surface area contributed by atoms with E-state index in [1.807, 2.05) is 13.8 Å². The molecule has 34 heavy (non-hydrogen) atoms. The average molecular weight is 486 g/mol. The smallest absolute Gasteiger partial charge is 0.253 e. The van der Waals surface area contributed by atoms with Gasteiger partial charge < -0.3 is 19.9 Å². The number of methoxy groups -OCH3 is 1. The zero-order valence-corrected chi connectivity index (χ0v) is 20.7. The van der Waals surface area contributed by atoms with Crippen molar-refractivity contribution in [2.75, 3.05) is 33.3 Å². The predicted molar refractivity (Wildman–Crippen MR) is 132 cm³/mol. The Morgan fingerprint density at radius 2 is 1.56 bits per heavy atom. The molecule has 1 atom stereocenters. The maximum absolute atomic E-state index is 13.3. The van der Waals surface area contributed by atoms with E-state index in [1.165, 1.54) is 0 Å². The molecule has 0 unspecified atom stereocenters. The van der Waals surface area contributed by atoms with E-state index in [-0.39, 0.29) is 23.6 Å². The number of nitrogens with zero attached hydrogens (tertiary/aromatic N) is 2. The summed E-state index contributed by atoms with van der Waals surface area (Å²) < 4.78 is 5.16. The first kappa shape index (κ1) is 25.6. The number of carbonyl (C=O) groups excluding carboxylic acids is 3. The van der Waals surface area contributed by atoms with Gasteiger partial charge in [0.15, 0.2) is 0 Å². The number of benzene rings is 2. The topological polar surface area (TPSA) is 79.0 Å². The van der Waals surface area contributed by atoms with Crippen LogP contribution in [0.4, 0.5) is 0 Å². The number of carbonyl (C=O) groups is 3. The molecule has 0 radical (unpaired) electrons. The van der Waals surface area contributed by atoms with Crippen LogP contribution >= 0.6 is 11.6 Å². The van der Waals surface area contributed by atoms with Crippen molar-refractivity contribution in [2.45, 2.75) is 32.7 Å². The second-order valence-electron chi connectivity index (χ2n) is 8.33. The molecule has 0 spiro atoms. The Morgan fingerprint density at radius 1 is 1.00 bits per heavy atom. The zero-order valence-electron chi connectivity index (χ0n) is 19.9. The van der Waals surface area contributed by atoms with Gasteiger partial charge in [0.2, 0.25) is 5.91 Å². The molecule has 1 aliphatic heterocycles. The molecule has 1 heterocycles. The van der Waals surface area contributed by atoms with Gasteiger partial charge in [0, 0.05) is 42.3 Å². The van der Waals surface area contributed by atoms with Crippen LogP contribution in [0.3, 0.4) is 0 Å². The van der Waals surface area contributed by atoms with Crippen LogP contribution in [0.5, 0.6) is 5.75 Å². The van der Waals surface area contributed by atoms with Gasteiger partial charge in [0.25, 0.3) is 11.8 Å². The maximum atomic E-state index is 13.3. The lowest BCUT2D eigenvalue weighted by Gasteiger charge is -2.37. The minimum absolute atomic E-state index is 0.0518. The summed E-state index contributed by atoms with van der Waals surface area (Å²) in [4.78, 5) is 42.7. The Kier molecular flexibility index (Phi) is 8.93. The summed E-state index contributed by atoms with van der Waals surface area (Å²) in [6, 6.07) is 13.0. The maximum Gasteiger partial charge on any atom is 0.253 e. The number of likely N-dealkylation sites (N-methyl/N-ethyl adjacent to an activating group) is 1. The zero-order chi connectivity index (χ0) is 24.7. The van der Waals surface area contributed by atoms with E-state index in [1.54, 1.807) is 65.4 Å². The highest BCUT2D eigenvalue weighted by molar-refractivity contribution is 6.30. The molecule has 0 aromatic heterocycles. The van der Waals surface area contributed by atoms with E-state index in [4.69, 9.17) is 16.3 Å². The van der Waals surface area contributed by atoms with Crippen molar-refractivity contribution < 1.29 is 19.1 Å². The van der Waals surface area contributed by atoms with Crippen LogP contribution in [0.2, 0.25) is 5.02 Å². The monoisotopic (exact) mass is 485 g/mol. The van der Waals surface area contributed by atoms with Crippen LogP contribution in [-0.4, -0.2) is 66.9 Å². The summed E-state index contributed by atoms with van der Waals surface area (Å²) in [6.07, 6.45) is 1.25. The predicted octanol–water partition coefficient (Wildman–Crippen LogP) is 3.87. The van der Waals surface area contributed by atoms with Crippen molar-refractivity contribution in [1.82, 2.24) is 15.1 Å². The van der Waals surface area contributed by atoms with Crippen molar-refractivity contribution in [3.63, 3.8) is 0 Å². The molecule has 2 aromatic rings. The van der Waals surface area contributed by atoms with Crippen LogP contribution in [0.15, 0.2) is 48.5 Å². The van der Waals surface area contributed by atoms with E-state index in [0.717, 1.165) is 0 Å². The lowest BCUT2D eigenvalue weighted by molar-refractivity contribution is -0.134. The molecule has 2 aromatic carbocycles. The number of hydrogen-bond acceptors (Lipinski definition) is 4. The highest BCUT2D eigenvalue weighted by atomic mass is 35.5. The third-order valence-corrected chi connectivity index (χ3v) is 6.62. The molecular weight excluding hydrogens is 454 g/mol. The van der Waals surface area contributed by atoms with E-state index in [9.17, 15) is 14.4 Å². The second-order valence-corrected chi connectivity index (χ2v) is 8.76. The molecule has 1 saturated heterocycles. The first-order chi connectivity index (χ1) is 16.4. The lowest BCUT2D eigenvalue weighted by atomic mass is 9.87. The summed E-state index contributed by atoms with van der Waals surface area (Å²) >= 11 is 5.93. The van der Waals surface area contributed by atoms with Crippen molar-refractivity contribution in [1.29, 1.82) is 0 Å². The molecule has 8 heteroatoms. The van der Waals surface area contributed by atoms with Crippen molar-refractivity contribution in [3.8, 4) is 5.75 Å². The Bertz CT molecular complexity index is 982. The summed E-state index contributed by atoms with van der Waals surface area (Å²) in [6.45, 7) is 6.03. The normalized spacial score (nSPS) is 14.9. The first-order valence-electron chi connectivity index (χ1n) is 11.7. The Labute approximate surface area is 206 Å². The number of rotatable bonds is 8. The van der Waals surface area contributed by atoms with E-state index in [0.29, 0.717) is 60.9 Å². The van der Waals surface area contributed by atoms with E-state index in [2.05, 4.69) is 5.32 Å². The van der Waals surface area contributed by atoms with Crippen LogP contribution in [0, 0.1) is 5.92 Å². The van der Waals surface area contributed by atoms with Crippen LogP contribution in [-0.2, 0) is 4.79 Å². The standard InChI is InChI=1S/C26H32ClN3O4/c1-4-29(5-2)26(33)23(28-24(31)19-8-12-22(34-3)13-9-19)18-14-16-30(17-15-18)25(32)20-6-10-21(27)11-7-20/h6-13,18,23H,4-5,14-17H2,1-3H3,(H,28,31)/t23-/m0/s1. The highest BCUT2D eigenvalue weighted by Gasteiger charge is 2.35. The summed E-state index contributed by atoms with van der Waals surface area (Å²) in [7, 11) is 1.57. The van der Waals surface area contributed by atoms with Crippen molar-refractivity contribution in [3.05, 3.63) is 64.7 Å². The van der Waals surface area contributed by atoms with Crippen molar-refractivity contribution in [2.24, 2.45) is 5.92 Å². The van der Waals surface area contributed by atoms with Gasteiger partial charge in [0.1, 0.15) is 11.8 Å². The van der Waals surface area contributed by atoms with Crippen LogP contribution in [0.25, 0.3) is 0 Å². The fourth-order valence-corrected chi connectivity index (χ4v) is 4.42. The van der Waals surface area contributed by atoms with E-state index < -0.39 is 6.04 Å². The Hall–Kier alpha value is -3.06. The number of piperidine rings is 1. The fraction of sp³-hybridized carbons (Fsp3) is 0.423. The molecule has 3 amide bonds. The molecule has 7 nitrogen and oxygen atoms in total. The SMILES string of the molecule is CCN(CC)C(=O)[C@@H](NC(=O)c1ccc(OC)cc1)C1CCN(C(=O)c2ccc(Cl)cc2)CC1. The molecule has 0 saturated carbocycles. The molecule has 1 fully saturated rings. The molecule has 1 aliphatic rings. The number of ether oxygens (including phenoxy) is 1. The van der Waals surface area contributed by atoms with Gasteiger partial charge in [-0.25, -0.2) is 0 Å². The third-order valence-electron chi connectivity index (χ3n) is 6.37. The Morgan fingerprint density at radius 3 is 2.09 bits per heavy atom. The molecule has 1 N–H and O–H groups in total. The van der Waals surface area contributed by atoms with Gasteiger partial charge in [-0.05, 0) is 81.1 Å². The van der Waals surface area contributed by atoms with Gasteiger partial charge in [-0.1, -0.05) is 11.6 Å². The lowest BCUT2D eigenvalue weighted by Crippen LogP contribution is -2.54. The quantitative estimate of drug-likeness (QED) is 0.615. The van der Waals surface area contributed by atoms with Crippen LogP contribution in [0.1, 0.15) is 47.4 Å². The molecule has 3 rings (SSSR count). The molecule has 0 aliphatic carbocycles. The average Bonchev–Trinajstić information content (AvgIpc) is 2.88. The summed E-state index contributed by atoms with van der Waals surface area (Å²) in [5.41, 5.74) is 1.06. The number of halogens is 1. The highest BCUT2D eigenvalue weighted by Crippen LogP contribution is 2.24.